The normalized spacial score (nSPS) is 19.6. The van der Waals surface area contributed by atoms with Gasteiger partial charge in [-0.2, -0.15) is 0 Å². The van der Waals surface area contributed by atoms with Gasteiger partial charge in [-0.1, -0.05) is 23.7 Å². The summed E-state index contributed by atoms with van der Waals surface area (Å²) >= 11 is 6.15. The molecule has 140 valence electrons. The lowest BCUT2D eigenvalue weighted by atomic mass is 9.87. The van der Waals surface area contributed by atoms with E-state index in [-0.39, 0.29) is 5.92 Å². The van der Waals surface area contributed by atoms with Gasteiger partial charge >= 0.3 is 0 Å². The highest BCUT2D eigenvalue weighted by atomic mass is 35.5. The van der Waals surface area contributed by atoms with Crippen LogP contribution in [0.3, 0.4) is 0 Å². The van der Waals surface area contributed by atoms with Gasteiger partial charge in [0, 0.05) is 23.8 Å². The summed E-state index contributed by atoms with van der Waals surface area (Å²) < 4.78 is 2.10. The van der Waals surface area contributed by atoms with Gasteiger partial charge < -0.3 is 14.4 Å². The molecule has 27 heavy (non-hydrogen) atoms. The van der Waals surface area contributed by atoms with E-state index < -0.39 is 6.10 Å². The Labute approximate surface area is 164 Å². The lowest BCUT2D eigenvalue weighted by molar-refractivity contribution is 0.0871. The fourth-order valence-electron chi connectivity index (χ4n) is 4.45. The van der Waals surface area contributed by atoms with Gasteiger partial charge in [0.1, 0.15) is 0 Å². The SMILES string of the molecule is OC(c1c(C2CC2)ccc2cncn12)C1CCN(c2cccc(Cl)c2)CC1. The van der Waals surface area contributed by atoms with Crippen molar-refractivity contribution in [3.63, 3.8) is 0 Å². The largest absolute Gasteiger partial charge is 0.387 e. The van der Waals surface area contributed by atoms with Crippen LogP contribution in [-0.2, 0) is 0 Å². The van der Waals surface area contributed by atoms with Gasteiger partial charge in [-0.05, 0) is 67.3 Å². The monoisotopic (exact) mass is 381 g/mol. The molecule has 1 aliphatic heterocycles. The minimum atomic E-state index is -0.444. The van der Waals surface area contributed by atoms with Crippen molar-refractivity contribution in [2.45, 2.75) is 37.7 Å². The molecule has 1 unspecified atom stereocenters. The molecule has 0 radical (unpaired) electrons. The maximum absolute atomic E-state index is 11.3. The second-order valence-electron chi connectivity index (χ2n) is 7.89. The molecule has 2 aromatic heterocycles. The predicted octanol–water partition coefficient (Wildman–Crippen LogP) is 4.82. The number of benzene rings is 1. The van der Waals surface area contributed by atoms with Crippen LogP contribution in [0.1, 0.15) is 49.0 Å². The predicted molar refractivity (Wildman–Crippen MR) is 109 cm³/mol. The van der Waals surface area contributed by atoms with Gasteiger partial charge in [-0.25, -0.2) is 4.98 Å². The third-order valence-corrected chi connectivity index (χ3v) is 6.35. The number of rotatable bonds is 4. The topological polar surface area (TPSA) is 40.8 Å². The van der Waals surface area contributed by atoms with E-state index in [1.54, 1.807) is 0 Å². The highest BCUT2D eigenvalue weighted by Crippen LogP contribution is 2.45. The number of aliphatic hydroxyl groups excluding tert-OH is 1. The number of hydrogen-bond acceptors (Lipinski definition) is 3. The molecule has 3 heterocycles. The molecule has 5 rings (SSSR count). The quantitative estimate of drug-likeness (QED) is 0.704. The van der Waals surface area contributed by atoms with Crippen LogP contribution in [0, 0.1) is 5.92 Å². The maximum Gasteiger partial charge on any atom is 0.0995 e. The van der Waals surface area contributed by atoms with E-state index in [1.807, 2.05) is 30.7 Å². The molecular formula is C22H24ClN3O. The third kappa shape index (κ3) is 3.21. The number of hydrogen-bond donors (Lipinski definition) is 1. The molecule has 4 nitrogen and oxygen atoms in total. The van der Waals surface area contributed by atoms with Crippen LogP contribution in [0.15, 0.2) is 48.9 Å². The smallest absolute Gasteiger partial charge is 0.0995 e. The molecule has 3 aromatic rings. The fourth-order valence-corrected chi connectivity index (χ4v) is 4.64. The molecule has 1 aromatic carbocycles. The minimum absolute atomic E-state index is 0.269. The fraction of sp³-hybridized carbons (Fsp3) is 0.409. The van der Waals surface area contributed by atoms with E-state index in [0.717, 1.165) is 42.2 Å². The van der Waals surface area contributed by atoms with Crippen LogP contribution in [0.4, 0.5) is 5.69 Å². The molecule has 2 aliphatic rings. The molecule has 1 saturated carbocycles. The molecule has 1 N–H and O–H groups in total. The van der Waals surface area contributed by atoms with Crippen molar-refractivity contribution in [2.75, 3.05) is 18.0 Å². The molecule has 1 aliphatic carbocycles. The van der Waals surface area contributed by atoms with Crippen LogP contribution in [0.5, 0.6) is 0 Å². The minimum Gasteiger partial charge on any atom is -0.387 e. The zero-order valence-corrected chi connectivity index (χ0v) is 16.0. The summed E-state index contributed by atoms with van der Waals surface area (Å²) in [6.07, 6.45) is 7.68. The van der Waals surface area contributed by atoms with Crippen LogP contribution in [0.2, 0.25) is 5.02 Å². The highest BCUT2D eigenvalue weighted by molar-refractivity contribution is 6.30. The van der Waals surface area contributed by atoms with Gasteiger partial charge in [-0.15, -0.1) is 0 Å². The van der Waals surface area contributed by atoms with Crippen LogP contribution < -0.4 is 4.90 Å². The third-order valence-electron chi connectivity index (χ3n) is 6.11. The number of pyridine rings is 1. The Hall–Kier alpha value is -2.04. The number of nitrogens with zero attached hydrogens (tertiary/aromatic N) is 3. The highest BCUT2D eigenvalue weighted by Gasteiger charge is 2.34. The van der Waals surface area contributed by atoms with Gasteiger partial charge in [0.2, 0.25) is 0 Å². The zero-order valence-electron chi connectivity index (χ0n) is 15.3. The number of anilines is 1. The first kappa shape index (κ1) is 17.1. The number of halogens is 1. The van der Waals surface area contributed by atoms with Crippen LogP contribution >= 0.6 is 11.6 Å². The second kappa shape index (κ2) is 6.84. The number of aromatic nitrogens is 2. The molecule has 0 bridgehead atoms. The van der Waals surface area contributed by atoms with E-state index in [0.29, 0.717) is 5.92 Å². The second-order valence-corrected chi connectivity index (χ2v) is 8.32. The van der Waals surface area contributed by atoms with E-state index >= 15 is 0 Å². The summed E-state index contributed by atoms with van der Waals surface area (Å²) in [5.74, 6) is 0.874. The lowest BCUT2D eigenvalue weighted by Gasteiger charge is -2.36. The van der Waals surface area contributed by atoms with Gasteiger partial charge in [0.25, 0.3) is 0 Å². The van der Waals surface area contributed by atoms with Crippen molar-refractivity contribution in [1.29, 1.82) is 0 Å². The van der Waals surface area contributed by atoms with Crippen LogP contribution in [0.25, 0.3) is 5.52 Å². The van der Waals surface area contributed by atoms with E-state index in [2.05, 4.69) is 32.5 Å². The molecule has 1 atom stereocenters. The first-order valence-corrected chi connectivity index (χ1v) is 10.2. The Balaban J connectivity index is 1.38. The summed E-state index contributed by atoms with van der Waals surface area (Å²) in [6.45, 7) is 1.89. The molecule has 5 heteroatoms. The number of aliphatic hydroxyl groups is 1. The molecule has 2 fully saturated rings. The summed E-state index contributed by atoms with van der Waals surface area (Å²) in [6, 6.07) is 12.4. The lowest BCUT2D eigenvalue weighted by Crippen LogP contribution is -2.36. The number of piperidine rings is 1. The Kier molecular flexibility index (Phi) is 4.33. The van der Waals surface area contributed by atoms with E-state index in [1.165, 1.54) is 24.1 Å². The average Bonchev–Trinajstić information content (AvgIpc) is 3.43. The van der Waals surface area contributed by atoms with Gasteiger partial charge in [0.05, 0.1) is 29.8 Å². The van der Waals surface area contributed by atoms with Gasteiger partial charge in [0.15, 0.2) is 0 Å². The maximum atomic E-state index is 11.3. The molecule has 1 saturated heterocycles. The van der Waals surface area contributed by atoms with Crippen molar-refractivity contribution in [2.24, 2.45) is 5.92 Å². The summed E-state index contributed by atoms with van der Waals surface area (Å²) in [7, 11) is 0. The Bertz CT molecular complexity index is 957. The van der Waals surface area contributed by atoms with E-state index in [9.17, 15) is 5.11 Å². The van der Waals surface area contributed by atoms with Crippen molar-refractivity contribution in [1.82, 2.24) is 9.38 Å². The van der Waals surface area contributed by atoms with Gasteiger partial charge in [-0.3, -0.25) is 0 Å². The summed E-state index contributed by atoms with van der Waals surface area (Å²) in [4.78, 5) is 6.67. The summed E-state index contributed by atoms with van der Waals surface area (Å²) in [5.41, 5.74) is 4.61. The first-order chi connectivity index (χ1) is 13.2. The van der Waals surface area contributed by atoms with Crippen molar-refractivity contribution in [3.8, 4) is 0 Å². The molecular weight excluding hydrogens is 358 g/mol. The Morgan fingerprint density at radius 3 is 2.63 bits per heavy atom. The standard InChI is InChI=1S/C22H24ClN3O/c23-17-2-1-3-18(12-17)25-10-8-16(9-11-25)22(27)21-20(15-4-5-15)7-6-19-13-24-14-26(19)21/h1-3,6-7,12-16,22,27H,4-5,8-11H2. The zero-order chi connectivity index (χ0) is 18.4. The summed E-state index contributed by atoms with van der Waals surface area (Å²) in [5, 5.41) is 12.1. The first-order valence-electron chi connectivity index (χ1n) is 9.84. The number of imidazole rings is 1. The molecule has 0 amide bonds. The Morgan fingerprint density at radius 1 is 1.07 bits per heavy atom. The Morgan fingerprint density at radius 2 is 1.89 bits per heavy atom. The number of fused-ring (bicyclic) bond motifs is 1. The van der Waals surface area contributed by atoms with Crippen LogP contribution in [-0.4, -0.2) is 27.6 Å². The average molecular weight is 382 g/mol. The molecule has 0 spiro atoms. The van der Waals surface area contributed by atoms with Crippen molar-refractivity contribution in [3.05, 3.63) is 65.2 Å². The van der Waals surface area contributed by atoms with Crippen molar-refractivity contribution >= 4 is 22.8 Å². The van der Waals surface area contributed by atoms with Crippen molar-refractivity contribution < 1.29 is 5.11 Å². The van der Waals surface area contributed by atoms with E-state index in [4.69, 9.17) is 11.6 Å².